The largest absolute Gasteiger partial charge is 0.409 e. The summed E-state index contributed by atoms with van der Waals surface area (Å²) in [5.41, 5.74) is 5.39. The van der Waals surface area contributed by atoms with Gasteiger partial charge in [-0.25, -0.2) is 17.1 Å². The summed E-state index contributed by atoms with van der Waals surface area (Å²) in [6, 6.07) is 3.70. The second-order valence-electron chi connectivity index (χ2n) is 4.29. The van der Waals surface area contributed by atoms with Crippen molar-refractivity contribution in [3.8, 4) is 0 Å². The Kier molecular flexibility index (Phi) is 5.49. The summed E-state index contributed by atoms with van der Waals surface area (Å²) in [7, 11) is -2.67. The van der Waals surface area contributed by atoms with E-state index in [1.165, 1.54) is 19.2 Å². The van der Waals surface area contributed by atoms with Crippen LogP contribution in [-0.4, -0.2) is 37.4 Å². The highest BCUT2D eigenvalue weighted by atomic mass is 79.9. The number of nitrogens with zero attached hydrogens (tertiary/aromatic N) is 2. The Morgan fingerprint density at radius 1 is 1.60 bits per heavy atom. The summed E-state index contributed by atoms with van der Waals surface area (Å²) in [5, 5.41) is 11.4. The normalized spacial score (nSPS) is 14.6. The lowest BCUT2D eigenvalue weighted by Gasteiger charge is -2.20. The van der Waals surface area contributed by atoms with E-state index in [-0.39, 0.29) is 12.4 Å². The minimum atomic E-state index is -3.98. The Bertz CT molecular complexity index is 621. The second-order valence-corrected chi connectivity index (χ2v) is 7.22. The number of benzene rings is 1. The number of halogens is 2. The molecule has 0 aromatic heterocycles. The van der Waals surface area contributed by atoms with Crippen LogP contribution in [0.4, 0.5) is 4.39 Å². The zero-order valence-electron chi connectivity index (χ0n) is 10.9. The van der Waals surface area contributed by atoms with E-state index in [4.69, 9.17) is 10.9 Å². The van der Waals surface area contributed by atoms with Gasteiger partial charge in [-0.15, -0.1) is 0 Å². The molecule has 1 aromatic carbocycles. The van der Waals surface area contributed by atoms with Crippen LogP contribution in [0.25, 0.3) is 0 Å². The first-order valence-electron chi connectivity index (χ1n) is 5.59. The van der Waals surface area contributed by atoms with Gasteiger partial charge in [0, 0.05) is 24.0 Å². The predicted octanol–water partition coefficient (Wildman–Crippen LogP) is 1.59. The number of hydrogen-bond donors (Lipinski definition) is 2. The zero-order chi connectivity index (χ0) is 15.5. The molecule has 1 aromatic rings. The molecular weight excluding hydrogens is 353 g/mol. The molecule has 0 heterocycles. The van der Waals surface area contributed by atoms with Crippen LogP contribution in [0.1, 0.15) is 6.92 Å². The number of amidine groups is 1. The standard InChI is InChI=1S/C11H15BrFN3O3S/c1-7(11(14)15-17)6-16(2)20(18,19)10-4-3-8(12)5-9(10)13/h3-5,7,17H,6H2,1-2H3,(H2,14,15). The van der Waals surface area contributed by atoms with Gasteiger partial charge in [0.25, 0.3) is 0 Å². The van der Waals surface area contributed by atoms with Gasteiger partial charge >= 0.3 is 0 Å². The quantitative estimate of drug-likeness (QED) is 0.357. The van der Waals surface area contributed by atoms with Crippen LogP contribution in [0.15, 0.2) is 32.7 Å². The van der Waals surface area contributed by atoms with E-state index in [9.17, 15) is 12.8 Å². The van der Waals surface area contributed by atoms with Gasteiger partial charge in [0.15, 0.2) is 0 Å². The van der Waals surface area contributed by atoms with E-state index >= 15 is 0 Å². The summed E-state index contributed by atoms with van der Waals surface area (Å²) in [4.78, 5) is -0.421. The van der Waals surface area contributed by atoms with Crippen molar-refractivity contribution in [2.75, 3.05) is 13.6 Å². The van der Waals surface area contributed by atoms with Gasteiger partial charge in [-0.05, 0) is 18.2 Å². The number of sulfonamides is 1. The van der Waals surface area contributed by atoms with Crippen LogP contribution >= 0.6 is 15.9 Å². The molecule has 1 rings (SSSR count). The molecule has 0 aliphatic heterocycles. The smallest absolute Gasteiger partial charge is 0.245 e. The van der Waals surface area contributed by atoms with Gasteiger partial charge in [-0.3, -0.25) is 0 Å². The first-order chi connectivity index (χ1) is 9.20. The predicted molar refractivity (Wildman–Crippen MR) is 76.5 cm³/mol. The van der Waals surface area contributed by atoms with Crippen molar-refractivity contribution in [3.05, 3.63) is 28.5 Å². The Morgan fingerprint density at radius 2 is 2.20 bits per heavy atom. The maximum Gasteiger partial charge on any atom is 0.245 e. The van der Waals surface area contributed by atoms with Crippen LogP contribution in [0.5, 0.6) is 0 Å². The molecule has 3 N–H and O–H groups in total. The van der Waals surface area contributed by atoms with Crippen LogP contribution < -0.4 is 5.73 Å². The van der Waals surface area contributed by atoms with Crippen molar-refractivity contribution in [1.29, 1.82) is 0 Å². The fourth-order valence-corrected chi connectivity index (χ4v) is 3.16. The molecule has 6 nitrogen and oxygen atoms in total. The first kappa shape index (κ1) is 16.9. The number of rotatable bonds is 5. The lowest BCUT2D eigenvalue weighted by molar-refractivity contribution is 0.312. The molecule has 9 heteroatoms. The minimum Gasteiger partial charge on any atom is -0.409 e. The molecule has 0 aliphatic carbocycles. The lowest BCUT2D eigenvalue weighted by Crippen LogP contribution is -2.36. The molecule has 0 aliphatic rings. The van der Waals surface area contributed by atoms with Gasteiger partial charge in [-0.2, -0.15) is 0 Å². The third-order valence-electron chi connectivity index (χ3n) is 2.73. The fraction of sp³-hybridized carbons (Fsp3) is 0.364. The summed E-state index contributed by atoms with van der Waals surface area (Å²) in [6.45, 7) is 1.56. The molecular formula is C11H15BrFN3O3S. The van der Waals surface area contributed by atoms with Gasteiger partial charge in [0.1, 0.15) is 16.5 Å². The molecule has 0 fully saturated rings. The summed E-state index contributed by atoms with van der Waals surface area (Å²) in [5.74, 6) is -1.44. The van der Waals surface area contributed by atoms with Crippen molar-refractivity contribution in [3.63, 3.8) is 0 Å². The first-order valence-corrected chi connectivity index (χ1v) is 7.82. The molecule has 0 saturated heterocycles. The third-order valence-corrected chi connectivity index (χ3v) is 5.08. The lowest BCUT2D eigenvalue weighted by atomic mass is 10.2. The molecule has 0 bridgehead atoms. The molecule has 20 heavy (non-hydrogen) atoms. The fourth-order valence-electron chi connectivity index (χ4n) is 1.53. The summed E-state index contributed by atoms with van der Waals surface area (Å²) in [6.07, 6.45) is 0. The molecule has 0 spiro atoms. The Labute approximate surface area is 125 Å². The number of hydrogen-bond acceptors (Lipinski definition) is 4. The van der Waals surface area contributed by atoms with E-state index in [0.29, 0.717) is 4.47 Å². The van der Waals surface area contributed by atoms with Crippen LogP contribution in [0.2, 0.25) is 0 Å². The monoisotopic (exact) mass is 367 g/mol. The SMILES string of the molecule is CC(CN(C)S(=O)(=O)c1ccc(Br)cc1F)/C(N)=N/O. The highest BCUT2D eigenvalue weighted by Gasteiger charge is 2.26. The van der Waals surface area contributed by atoms with Crippen molar-refractivity contribution in [2.45, 2.75) is 11.8 Å². The Hall–Kier alpha value is -1.19. The molecule has 112 valence electrons. The van der Waals surface area contributed by atoms with Crippen molar-refractivity contribution >= 4 is 31.8 Å². The number of oxime groups is 1. The van der Waals surface area contributed by atoms with E-state index in [1.807, 2.05) is 0 Å². The highest BCUT2D eigenvalue weighted by Crippen LogP contribution is 2.22. The Morgan fingerprint density at radius 3 is 2.70 bits per heavy atom. The molecule has 0 radical (unpaired) electrons. The molecule has 0 amide bonds. The van der Waals surface area contributed by atoms with Crippen molar-refractivity contribution in [1.82, 2.24) is 4.31 Å². The molecule has 0 saturated carbocycles. The van der Waals surface area contributed by atoms with Gasteiger partial charge in [-0.1, -0.05) is 28.0 Å². The van der Waals surface area contributed by atoms with Crippen LogP contribution in [0.3, 0.4) is 0 Å². The second kappa shape index (κ2) is 6.51. The summed E-state index contributed by atoms with van der Waals surface area (Å²) < 4.78 is 39.6. The third kappa shape index (κ3) is 3.68. The maximum absolute atomic E-state index is 13.7. The topological polar surface area (TPSA) is 96.0 Å². The van der Waals surface area contributed by atoms with E-state index < -0.39 is 26.7 Å². The van der Waals surface area contributed by atoms with Gasteiger partial charge in [0.05, 0.1) is 0 Å². The minimum absolute atomic E-state index is 0.0340. The van der Waals surface area contributed by atoms with Gasteiger partial charge in [0.2, 0.25) is 10.0 Å². The molecule has 1 atom stereocenters. The van der Waals surface area contributed by atoms with Crippen molar-refractivity contribution < 1.29 is 18.0 Å². The van der Waals surface area contributed by atoms with Gasteiger partial charge < -0.3 is 10.9 Å². The van der Waals surface area contributed by atoms with Crippen molar-refractivity contribution in [2.24, 2.45) is 16.8 Å². The van der Waals surface area contributed by atoms with Crippen LogP contribution in [-0.2, 0) is 10.0 Å². The maximum atomic E-state index is 13.7. The molecule has 1 unspecified atom stereocenters. The highest BCUT2D eigenvalue weighted by molar-refractivity contribution is 9.10. The Balaban J connectivity index is 3.04. The zero-order valence-corrected chi connectivity index (χ0v) is 13.3. The van der Waals surface area contributed by atoms with E-state index in [2.05, 4.69) is 21.1 Å². The van der Waals surface area contributed by atoms with Crippen LogP contribution in [0, 0.1) is 11.7 Å². The summed E-state index contributed by atoms with van der Waals surface area (Å²) >= 11 is 3.06. The average molecular weight is 368 g/mol. The van der Waals surface area contributed by atoms with E-state index in [1.54, 1.807) is 6.92 Å². The number of nitrogens with two attached hydrogens (primary N) is 1. The van der Waals surface area contributed by atoms with E-state index in [0.717, 1.165) is 10.4 Å². The average Bonchev–Trinajstić information content (AvgIpc) is 2.36.